The van der Waals surface area contributed by atoms with Crippen molar-refractivity contribution in [1.82, 2.24) is 0 Å². The molecular weight excluding hydrogens is 406 g/mol. The summed E-state index contributed by atoms with van der Waals surface area (Å²) < 4.78 is 0. The summed E-state index contributed by atoms with van der Waals surface area (Å²) in [5, 5.41) is 18.7. The zero-order valence-electron chi connectivity index (χ0n) is 15.4. The number of nitro benzene ring substituents is 1. The minimum Gasteiger partial charge on any atom is -0.373 e. The van der Waals surface area contributed by atoms with Crippen LogP contribution in [0.15, 0.2) is 78.0 Å². The van der Waals surface area contributed by atoms with Gasteiger partial charge in [-0.05, 0) is 29.8 Å². The fraction of sp³-hybridized carbons (Fsp3) is 0.0909. The van der Waals surface area contributed by atoms with Crippen LogP contribution >= 0.6 is 11.6 Å². The van der Waals surface area contributed by atoms with Gasteiger partial charge in [-0.25, -0.2) is 0 Å². The average Bonchev–Trinajstić information content (AvgIpc) is 3.27. The topological polar surface area (TPSA) is 93.8 Å². The van der Waals surface area contributed by atoms with Crippen LogP contribution in [0.5, 0.6) is 0 Å². The first-order valence-electron chi connectivity index (χ1n) is 9.18. The van der Waals surface area contributed by atoms with Gasteiger partial charge in [0.15, 0.2) is 0 Å². The lowest BCUT2D eigenvalue weighted by molar-refractivity contribution is -0.384. The number of hydrogen-bond donors (Lipinski definition) is 1. The van der Waals surface area contributed by atoms with Crippen molar-refractivity contribution >= 4 is 34.6 Å². The summed E-state index contributed by atoms with van der Waals surface area (Å²) in [5.74, 6) is -0.892. The fourth-order valence-corrected chi connectivity index (χ4v) is 4.26. The third-order valence-electron chi connectivity index (χ3n) is 5.44. The molecule has 2 atom stereocenters. The van der Waals surface area contributed by atoms with Crippen molar-refractivity contribution in [2.75, 3.05) is 5.32 Å². The van der Waals surface area contributed by atoms with Crippen molar-refractivity contribution in [3.05, 3.63) is 105 Å². The van der Waals surface area contributed by atoms with Crippen LogP contribution in [0.25, 0.3) is 0 Å². The highest BCUT2D eigenvalue weighted by molar-refractivity contribution is 6.31. The number of oxime groups is 1. The Morgan fingerprint density at radius 2 is 1.80 bits per heavy atom. The number of hydrogen-bond acceptors (Lipinski definition) is 5. The molecule has 8 heteroatoms. The molecule has 2 aliphatic rings. The smallest absolute Gasteiger partial charge is 0.277 e. The van der Waals surface area contributed by atoms with Gasteiger partial charge in [0.25, 0.3) is 17.2 Å². The molecule has 0 saturated heterocycles. The number of nitrogens with zero attached hydrogens (tertiary/aromatic N) is 2. The minimum absolute atomic E-state index is 0.0252. The van der Waals surface area contributed by atoms with E-state index in [2.05, 4.69) is 10.5 Å². The van der Waals surface area contributed by atoms with Gasteiger partial charge in [0, 0.05) is 28.3 Å². The Morgan fingerprint density at radius 3 is 2.50 bits per heavy atom. The van der Waals surface area contributed by atoms with E-state index in [-0.39, 0.29) is 11.6 Å². The summed E-state index contributed by atoms with van der Waals surface area (Å²) in [7, 11) is 0. The summed E-state index contributed by atoms with van der Waals surface area (Å²) in [5.41, 5.74) is 1.81. The van der Waals surface area contributed by atoms with Gasteiger partial charge in [0.05, 0.1) is 22.2 Å². The van der Waals surface area contributed by atoms with Gasteiger partial charge in [-0.15, -0.1) is 0 Å². The van der Waals surface area contributed by atoms with Crippen LogP contribution in [-0.4, -0.2) is 16.5 Å². The first kappa shape index (κ1) is 18.3. The number of benzene rings is 3. The molecule has 2 aliphatic heterocycles. The van der Waals surface area contributed by atoms with E-state index >= 15 is 0 Å². The Labute approximate surface area is 176 Å². The molecule has 0 aliphatic carbocycles. The number of nitrogens with one attached hydrogen (secondary N) is 1. The van der Waals surface area contributed by atoms with Gasteiger partial charge < -0.3 is 10.2 Å². The van der Waals surface area contributed by atoms with E-state index in [1.807, 2.05) is 30.3 Å². The van der Waals surface area contributed by atoms with Gasteiger partial charge >= 0.3 is 0 Å². The number of fused-ring (bicyclic) bond motifs is 2. The molecule has 1 N–H and O–H groups in total. The highest BCUT2D eigenvalue weighted by Gasteiger charge is 2.61. The van der Waals surface area contributed by atoms with Gasteiger partial charge in [-0.1, -0.05) is 53.2 Å². The summed E-state index contributed by atoms with van der Waals surface area (Å²) in [6.07, 6.45) is 0. The van der Waals surface area contributed by atoms with Crippen LogP contribution in [0.2, 0.25) is 5.02 Å². The lowest BCUT2D eigenvalue weighted by atomic mass is 9.74. The molecule has 0 fully saturated rings. The van der Waals surface area contributed by atoms with E-state index in [1.54, 1.807) is 30.3 Å². The highest BCUT2D eigenvalue weighted by Crippen LogP contribution is 2.53. The average molecular weight is 420 g/mol. The largest absolute Gasteiger partial charge is 0.373 e. The number of amides is 1. The molecule has 1 spiro atoms. The Hall–Kier alpha value is -3.71. The molecule has 0 bridgehead atoms. The van der Waals surface area contributed by atoms with E-state index in [0.717, 1.165) is 5.56 Å². The summed E-state index contributed by atoms with van der Waals surface area (Å²) >= 11 is 6.11. The number of halogens is 1. The normalized spacial score (nSPS) is 21.7. The third kappa shape index (κ3) is 2.59. The molecule has 7 nitrogen and oxygen atoms in total. The number of rotatable bonds is 3. The zero-order chi connectivity index (χ0) is 20.9. The lowest BCUT2D eigenvalue weighted by Crippen LogP contribution is -2.41. The first-order valence-corrected chi connectivity index (χ1v) is 9.56. The second kappa shape index (κ2) is 6.67. The Kier molecular flexibility index (Phi) is 4.08. The van der Waals surface area contributed by atoms with Crippen molar-refractivity contribution in [1.29, 1.82) is 0 Å². The standard InChI is InChI=1S/C22H14ClN3O4/c23-15-8-11-17-18(12-15)24-21(27)22(17)19(13-4-2-1-3-5-13)20(25-30-22)14-6-9-16(10-7-14)26(28)29/h1-12,19H,(H,24,27)/t19-,22-/m1/s1. The molecule has 0 unspecified atom stereocenters. The number of non-ortho nitro benzene ring substituents is 1. The molecule has 1 amide bonds. The molecule has 3 aromatic carbocycles. The quantitative estimate of drug-likeness (QED) is 0.495. The van der Waals surface area contributed by atoms with Crippen molar-refractivity contribution < 1.29 is 14.6 Å². The maximum absolute atomic E-state index is 13.2. The summed E-state index contributed by atoms with van der Waals surface area (Å²) in [6.45, 7) is 0. The summed E-state index contributed by atoms with van der Waals surface area (Å²) in [6, 6.07) is 20.7. The molecule has 148 valence electrons. The van der Waals surface area contributed by atoms with Crippen LogP contribution in [0.3, 0.4) is 0 Å². The van der Waals surface area contributed by atoms with Crippen LogP contribution in [0, 0.1) is 10.1 Å². The van der Waals surface area contributed by atoms with E-state index in [1.165, 1.54) is 12.1 Å². The van der Waals surface area contributed by atoms with Gasteiger partial charge in [0.1, 0.15) is 0 Å². The Bertz CT molecular complexity index is 1210. The molecule has 0 saturated carbocycles. The van der Waals surface area contributed by atoms with Crippen LogP contribution < -0.4 is 5.32 Å². The monoisotopic (exact) mass is 419 g/mol. The molecule has 0 aromatic heterocycles. The zero-order valence-corrected chi connectivity index (χ0v) is 16.2. The maximum atomic E-state index is 13.2. The second-order valence-electron chi connectivity index (χ2n) is 7.10. The predicted molar refractivity (Wildman–Crippen MR) is 112 cm³/mol. The maximum Gasteiger partial charge on any atom is 0.277 e. The number of carbonyl (C=O) groups is 1. The third-order valence-corrected chi connectivity index (χ3v) is 5.68. The van der Waals surface area contributed by atoms with Gasteiger partial charge in [-0.3, -0.25) is 14.9 Å². The Morgan fingerprint density at radius 1 is 1.07 bits per heavy atom. The molecule has 30 heavy (non-hydrogen) atoms. The number of nitro groups is 1. The van der Waals surface area contributed by atoms with Gasteiger partial charge in [0.2, 0.25) is 0 Å². The van der Waals surface area contributed by atoms with E-state index < -0.39 is 16.4 Å². The van der Waals surface area contributed by atoms with Crippen LogP contribution in [0.4, 0.5) is 11.4 Å². The number of anilines is 1. The SMILES string of the molecule is O=C1Nc2cc(Cl)ccc2[C@]12ON=C(c1ccc([N+](=O)[O-])cc1)[C@H]2c1ccccc1. The van der Waals surface area contributed by atoms with Crippen LogP contribution in [0.1, 0.15) is 22.6 Å². The highest BCUT2D eigenvalue weighted by atomic mass is 35.5. The molecule has 5 rings (SSSR count). The van der Waals surface area contributed by atoms with Crippen LogP contribution in [-0.2, 0) is 15.2 Å². The predicted octanol–water partition coefficient (Wildman–Crippen LogP) is 4.61. The summed E-state index contributed by atoms with van der Waals surface area (Å²) in [4.78, 5) is 29.7. The second-order valence-corrected chi connectivity index (χ2v) is 7.53. The molecular formula is C22H14ClN3O4. The lowest BCUT2D eigenvalue weighted by Gasteiger charge is -2.28. The van der Waals surface area contributed by atoms with Crippen molar-refractivity contribution in [2.45, 2.75) is 11.5 Å². The van der Waals surface area contributed by atoms with E-state index in [0.29, 0.717) is 27.5 Å². The number of carbonyl (C=O) groups excluding carboxylic acids is 1. The van der Waals surface area contributed by atoms with Crippen molar-refractivity contribution in [3.8, 4) is 0 Å². The Balaban J connectivity index is 1.68. The molecule has 0 radical (unpaired) electrons. The van der Waals surface area contributed by atoms with Crippen molar-refractivity contribution in [3.63, 3.8) is 0 Å². The van der Waals surface area contributed by atoms with Crippen molar-refractivity contribution in [2.24, 2.45) is 5.16 Å². The van der Waals surface area contributed by atoms with Gasteiger partial charge in [-0.2, -0.15) is 0 Å². The fourth-order valence-electron chi connectivity index (χ4n) is 4.09. The first-order chi connectivity index (χ1) is 14.5. The van der Waals surface area contributed by atoms with E-state index in [9.17, 15) is 14.9 Å². The van der Waals surface area contributed by atoms with E-state index in [4.69, 9.17) is 16.4 Å². The molecule has 2 heterocycles. The minimum atomic E-state index is -1.39. The molecule has 3 aromatic rings.